The summed E-state index contributed by atoms with van der Waals surface area (Å²) in [6, 6.07) is 0. The number of Topliss-reactive ketones (excluding diaryl/α,β-unsaturated/α-hetero) is 1. The lowest BCUT2D eigenvalue weighted by Crippen LogP contribution is -2.61. The molecule has 0 amide bonds. The molecular weight excluding hydrogens is 324 g/mol. The summed E-state index contributed by atoms with van der Waals surface area (Å²) in [6.45, 7) is 10.9. The van der Waals surface area contributed by atoms with E-state index in [4.69, 9.17) is 0 Å². The first kappa shape index (κ1) is 20.3. The van der Waals surface area contributed by atoms with Gasteiger partial charge in [-0.05, 0) is 73.0 Å². The van der Waals surface area contributed by atoms with Gasteiger partial charge >= 0.3 is 0 Å². The zero-order chi connectivity index (χ0) is 19.3. The molecule has 3 nitrogen and oxygen atoms in total. The fourth-order valence-corrected chi connectivity index (χ4v) is 7.67. The molecule has 4 fully saturated rings. The third-order valence-electron chi connectivity index (χ3n) is 9.23. The Morgan fingerprint density at radius 2 is 1.73 bits per heavy atom. The van der Waals surface area contributed by atoms with Crippen LogP contribution in [0.2, 0.25) is 0 Å². The zero-order valence-electron chi connectivity index (χ0n) is 17.5. The number of hydrogen-bond acceptors (Lipinski definition) is 3. The van der Waals surface area contributed by atoms with Crippen molar-refractivity contribution in [3.05, 3.63) is 0 Å². The van der Waals surface area contributed by atoms with E-state index in [2.05, 4.69) is 20.8 Å². The first-order valence-corrected chi connectivity index (χ1v) is 11.2. The number of hydrogen-bond donors (Lipinski definition) is 2. The van der Waals surface area contributed by atoms with Gasteiger partial charge in [-0.1, -0.05) is 41.0 Å². The van der Waals surface area contributed by atoms with Crippen molar-refractivity contribution in [1.29, 1.82) is 0 Å². The maximum atomic E-state index is 13.2. The minimum Gasteiger partial charge on any atom is -0.393 e. The highest BCUT2D eigenvalue weighted by molar-refractivity contribution is 5.83. The molecule has 4 rings (SSSR count). The maximum absolute atomic E-state index is 13.2. The van der Waals surface area contributed by atoms with Gasteiger partial charge in [-0.15, -0.1) is 0 Å². The van der Waals surface area contributed by atoms with Gasteiger partial charge in [-0.25, -0.2) is 0 Å². The lowest BCUT2D eigenvalue weighted by molar-refractivity contribution is -0.179. The molecule has 4 aliphatic carbocycles. The largest absolute Gasteiger partial charge is 0.393 e. The summed E-state index contributed by atoms with van der Waals surface area (Å²) in [6.07, 6.45) is 7.00. The second kappa shape index (κ2) is 7.20. The van der Waals surface area contributed by atoms with E-state index >= 15 is 0 Å². The lowest BCUT2D eigenvalue weighted by atomic mass is 9.43. The molecule has 4 saturated carbocycles. The van der Waals surface area contributed by atoms with Crippen LogP contribution in [0.25, 0.3) is 0 Å². The monoisotopic (exact) mass is 364 g/mol. The van der Waals surface area contributed by atoms with E-state index in [0.29, 0.717) is 35.9 Å². The van der Waals surface area contributed by atoms with Gasteiger partial charge in [0.05, 0.1) is 12.2 Å². The Balaban J connectivity index is 0.000000948. The van der Waals surface area contributed by atoms with Crippen LogP contribution in [0.3, 0.4) is 0 Å². The average molecular weight is 365 g/mol. The van der Waals surface area contributed by atoms with Crippen LogP contribution in [-0.4, -0.2) is 28.2 Å². The smallest absolute Gasteiger partial charge is 0.136 e. The van der Waals surface area contributed by atoms with Crippen LogP contribution in [0.5, 0.6) is 0 Å². The van der Waals surface area contributed by atoms with E-state index in [-0.39, 0.29) is 29.0 Å². The molecule has 0 heterocycles. The van der Waals surface area contributed by atoms with Crippen molar-refractivity contribution in [2.75, 3.05) is 0 Å². The molecule has 9 atom stereocenters. The summed E-state index contributed by atoms with van der Waals surface area (Å²) in [4.78, 5) is 13.2. The normalized spacial score (nSPS) is 53.0. The number of ketones is 1. The number of carbonyl (C=O) groups excluding carboxylic acids is 1. The standard InChI is InChI=1S/C21H34O3.C2H6/c1-4-12-5-6-15-19-16(11-18(24)21(12,15)3)20(2)8-7-14(22)9-13(20)10-17(19)23;1-2/h12-16,18-19,22,24H,4-11H2,1-3H3;1-2H3. The highest BCUT2D eigenvalue weighted by Crippen LogP contribution is 2.66. The fraction of sp³-hybridized carbons (Fsp3) is 0.957. The van der Waals surface area contributed by atoms with Gasteiger partial charge in [-0.2, -0.15) is 0 Å². The average Bonchev–Trinajstić information content (AvgIpc) is 2.97. The quantitative estimate of drug-likeness (QED) is 0.715. The van der Waals surface area contributed by atoms with Crippen LogP contribution < -0.4 is 0 Å². The van der Waals surface area contributed by atoms with Gasteiger partial charge in [0.15, 0.2) is 0 Å². The molecule has 2 N–H and O–H groups in total. The SMILES string of the molecule is CC.CCC1CCC2C3C(=O)CC4CC(O)CCC4(C)C3CC(O)C12C. The van der Waals surface area contributed by atoms with Crippen molar-refractivity contribution in [3.8, 4) is 0 Å². The first-order valence-electron chi connectivity index (χ1n) is 11.2. The van der Waals surface area contributed by atoms with Crippen LogP contribution in [0.15, 0.2) is 0 Å². The maximum Gasteiger partial charge on any atom is 0.136 e. The Bertz CT molecular complexity index is 532. The number of aliphatic hydroxyl groups is 2. The Morgan fingerprint density at radius 3 is 2.38 bits per heavy atom. The van der Waals surface area contributed by atoms with Gasteiger partial charge in [0.25, 0.3) is 0 Å². The molecule has 26 heavy (non-hydrogen) atoms. The molecule has 0 aromatic carbocycles. The molecule has 0 bridgehead atoms. The summed E-state index contributed by atoms with van der Waals surface area (Å²) in [5.41, 5.74) is 0.0629. The number of rotatable bonds is 1. The minimum atomic E-state index is -0.272. The van der Waals surface area contributed by atoms with Crippen LogP contribution in [0, 0.1) is 40.4 Å². The molecule has 3 heteroatoms. The Kier molecular flexibility index (Phi) is 5.63. The van der Waals surface area contributed by atoms with Gasteiger partial charge in [0, 0.05) is 12.3 Å². The molecule has 9 unspecified atom stereocenters. The van der Waals surface area contributed by atoms with Crippen LogP contribution in [0.1, 0.15) is 86.0 Å². The number of carbonyl (C=O) groups is 1. The summed E-state index contributed by atoms with van der Waals surface area (Å²) in [5, 5.41) is 21.3. The molecule has 0 aromatic heterocycles. The second-order valence-electron chi connectivity index (χ2n) is 9.84. The van der Waals surface area contributed by atoms with Gasteiger partial charge in [-0.3, -0.25) is 4.79 Å². The van der Waals surface area contributed by atoms with Crippen molar-refractivity contribution in [2.24, 2.45) is 40.4 Å². The van der Waals surface area contributed by atoms with Crippen molar-refractivity contribution >= 4 is 5.78 Å². The third kappa shape index (κ3) is 2.71. The molecule has 0 radical (unpaired) electrons. The molecule has 0 aromatic rings. The zero-order valence-corrected chi connectivity index (χ0v) is 17.5. The van der Waals surface area contributed by atoms with Crippen LogP contribution >= 0.6 is 0 Å². The topological polar surface area (TPSA) is 57.5 Å². The summed E-state index contributed by atoms with van der Waals surface area (Å²) in [7, 11) is 0. The molecule has 150 valence electrons. The summed E-state index contributed by atoms with van der Waals surface area (Å²) >= 11 is 0. The highest BCUT2D eigenvalue weighted by Gasteiger charge is 2.65. The van der Waals surface area contributed by atoms with Gasteiger partial charge < -0.3 is 10.2 Å². The van der Waals surface area contributed by atoms with Crippen molar-refractivity contribution in [2.45, 2.75) is 98.2 Å². The fourth-order valence-electron chi connectivity index (χ4n) is 7.67. The van der Waals surface area contributed by atoms with E-state index in [0.717, 1.165) is 38.5 Å². The Morgan fingerprint density at radius 1 is 1.04 bits per heavy atom. The van der Waals surface area contributed by atoms with E-state index in [1.807, 2.05) is 13.8 Å². The van der Waals surface area contributed by atoms with E-state index < -0.39 is 0 Å². The van der Waals surface area contributed by atoms with Gasteiger partial charge in [0.1, 0.15) is 5.78 Å². The predicted molar refractivity (Wildman–Crippen MR) is 105 cm³/mol. The van der Waals surface area contributed by atoms with Crippen molar-refractivity contribution in [3.63, 3.8) is 0 Å². The number of aliphatic hydroxyl groups excluding tert-OH is 2. The lowest BCUT2D eigenvalue weighted by Gasteiger charge is -2.61. The van der Waals surface area contributed by atoms with E-state index in [1.54, 1.807) is 0 Å². The third-order valence-corrected chi connectivity index (χ3v) is 9.23. The van der Waals surface area contributed by atoms with Crippen molar-refractivity contribution in [1.82, 2.24) is 0 Å². The van der Waals surface area contributed by atoms with E-state index in [1.165, 1.54) is 6.42 Å². The number of fused-ring (bicyclic) bond motifs is 5. The van der Waals surface area contributed by atoms with E-state index in [9.17, 15) is 15.0 Å². The van der Waals surface area contributed by atoms with Crippen LogP contribution in [-0.2, 0) is 4.79 Å². The summed E-state index contributed by atoms with van der Waals surface area (Å²) in [5.74, 6) is 2.16. The minimum absolute atomic E-state index is 0.0665. The predicted octanol–water partition coefficient (Wildman–Crippen LogP) is 4.59. The first-order chi connectivity index (χ1) is 12.3. The molecule has 0 aliphatic heterocycles. The summed E-state index contributed by atoms with van der Waals surface area (Å²) < 4.78 is 0. The van der Waals surface area contributed by atoms with Crippen molar-refractivity contribution < 1.29 is 15.0 Å². The molecule has 4 aliphatic rings. The highest BCUT2D eigenvalue weighted by atomic mass is 16.3. The Labute approximate surface area is 160 Å². The van der Waals surface area contributed by atoms with Gasteiger partial charge in [0.2, 0.25) is 0 Å². The molecule has 0 saturated heterocycles. The molecular formula is C23H40O3. The Hall–Kier alpha value is -0.410. The van der Waals surface area contributed by atoms with Crippen LogP contribution in [0.4, 0.5) is 0 Å². The second-order valence-corrected chi connectivity index (χ2v) is 9.84. The molecule has 0 spiro atoms.